The topological polar surface area (TPSA) is 67.7 Å². The van der Waals surface area contributed by atoms with Crippen molar-refractivity contribution in [2.45, 2.75) is 38.4 Å². The second-order valence-corrected chi connectivity index (χ2v) is 8.40. The first-order valence-corrected chi connectivity index (χ1v) is 11.3. The molecule has 8 heteroatoms. The summed E-state index contributed by atoms with van der Waals surface area (Å²) < 4.78 is 16.1. The highest BCUT2D eigenvalue weighted by Crippen LogP contribution is 2.30. The number of hydrogen-bond acceptors (Lipinski definition) is 5. The Morgan fingerprint density at radius 3 is 2.78 bits per heavy atom. The number of aryl methyl sites for hydroxylation is 1. The van der Waals surface area contributed by atoms with Crippen LogP contribution in [0.25, 0.3) is 22.6 Å². The van der Waals surface area contributed by atoms with Crippen LogP contribution in [0.15, 0.2) is 54.7 Å². The average Bonchev–Trinajstić information content (AvgIpc) is 3.45. The van der Waals surface area contributed by atoms with Gasteiger partial charge in [-0.15, -0.1) is 0 Å². The van der Waals surface area contributed by atoms with Crippen molar-refractivity contribution in [3.8, 4) is 11.4 Å². The zero-order chi connectivity index (χ0) is 21.9. The van der Waals surface area contributed by atoms with E-state index in [1.807, 2.05) is 30.3 Å². The highest BCUT2D eigenvalue weighted by molar-refractivity contribution is 6.33. The zero-order valence-corrected chi connectivity index (χ0v) is 18.3. The summed E-state index contributed by atoms with van der Waals surface area (Å²) >= 11 is 6.50. The number of benzene rings is 2. The predicted octanol–water partition coefficient (Wildman–Crippen LogP) is 5.04. The summed E-state index contributed by atoms with van der Waals surface area (Å²) in [6, 6.07) is 14.9. The molecule has 0 bridgehead atoms. The highest BCUT2D eigenvalue weighted by atomic mass is 35.5. The lowest BCUT2D eigenvalue weighted by molar-refractivity contribution is 0.511. The molecule has 1 fully saturated rings. The van der Waals surface area contributed by atoms with Crippen LogP contribution < -0.4 is 10.6 Å². The van der Waals surface area contributed by atoms with Crippen molar-refractivity contribution in [3.63, 3.8) is 0 Å². The lowest BCUT2D eigenvalue weighted by atomic mass is 10.1. The van der Waals surface area contributed by atoms with Crippen LogP contribution in [0.2, 0.25) is 5.02 Å². The van der Waals surface area contributed by atoms with Gasteiger partial charge in [0.25, 0.3) is 0 Å². The third kappa shape index (κ3) is 4.31. The monoisotopic (exact) mass is 450 g/mol. The highest BCUT2D eigenvalue weighted by Gasteiger charge is 2.20. The second kappa shape index (κ2) is 9.22. The molecule has 1 aliphatic heterocycles. The molecule has 2 aromatic carbocycles. The SMILES string of the molecule is Fc1ccccc1CNc1ncc2nc(-c3ccccc3Cl)n(CC[C@@H]3CCCN3)c2n1. The van der Waals surface area contributed by atoms with E-state index in [9.17, 15) is 4.39 Å². The van der Waals surface area contributed by atoms with Gasteiger partial charge in [-0.05, 0) is 44.0 Å². The summed E-state index contributed by atoms with van der Waals surface area (Å²) in [4.78, 5) is 13.9. The third-order valence-corrected chi connectivity index (χ3v) is 6.19. The maximum atomic E-state index is 14.0. The molecule has 0 spiro atoms. The van der Waals surface area contributed by atoms with Gasteiger partial charge in [0.05, 0.1) is 11.2 Å². The molecule has 4 aromatic rings. The Hall–Kier alpha value is -3.03. The van der Waals surface area contributed by atoms with Crippen molar-refractivity contribution in [2.24, 2.45) is 0 Å². The normalized spacial score (nSPS) is 16.0. The summed E-state index contributed by atoms with van der Waals surface area (Å²) in [5.74, 6) is 0.965. The van der Waals surface area contributed by atoms with Crippen LogP contribution in [0.3, 0.4) is 0 Å². The molecule has 2 N–H and O–H groups in total. The molecule has 6 nitrogen and oxygen atoms in total. The zero-order valence-electron chi connectivity index (χ0n) is 17.6. The van der Waals surface area contributed by atoms with Gasteiger partial charge in [0, 0.05) is 30.3 Å². The fourth-order valence-corrected chi connectivity index (χ4v) is 4.39. The first-order valence-electron chi connectivity index (χ1n) is 10.9. The van der Waals surface area contributed by atoms with Crippen molar-refractivity contribution < 1.29 is 4.39 Å². The Morgan fingerprint density at radius 2 is 1.97 bits per heavy atom. The fourth-order valence-electron chi connectivity index (χ4n) is 4.17. The van der Waals surface area contributed by atoms with E-state index in [1.54, 1.807) is 18.3 Å². The molecule has 0 saturated carbocycles. The minimum absolute atomic E-state index is 0.254. The predicted molar refractivity (Wildman–Crippen MR) is 125 cm³/mol. The van der Waals surface area contributed by atoms with Gasteiger partial charge in [-0.3, -0.25) is 0 Å². The lowest BCUT2D eigenvalue weighted by Gasteiger charge is -2.14. The van der Waals surface area contributed by atoms with Crippen LogP contribution >= 0.6 is 11.6 Å². The molecule has 32 heavy (non-hydrogen) atoms. The summed E-state index contributed by atoms with van der Waals surface area (Å²) in [7, 11) is 0. The first kappa shape index (κ1) is 20.8. The van der Waals surface area contributed by atoms with Crippen LogP contribution in [-0.4, -0.2) is 32.1 Å². The van der Waals surface area contributed by atoms with Gasteiger partial charge in [-0.1, -0.05) is 41.9 Å². The summed E-state index contributed by atoms with van der Waals surface area (Å²) in [5, 5.41) is 7.34. The fraction of sp³-hybridized carbons (Fsp3) is 0.292. The van der Waals surface area contributed by atoms with E-state index in [0.29, 0.717) is 34.6 Å². The minimum atomic E-state index is -0.254. The number of rotatable bonds is 7. The third-order valence-electron chi connectivity index (χ3n) is 5.86. The second-order valence-electron chi connectivity index (χ2n) is 8.00. The molecule has 164 valence electrons. The van der Waals surface area contributed by atoms with Crippen molar-refractivity contribution in [3.05, 3.63) is 71.1 Å². The Labute approximate surface area is 190 Å². The number of aromatic nitrogens is 4. The molecule has 3 heterocycles. The smallest absolute Gasteiger partial charge is 0.225 e. The average molecular weight is 451 g/mol. The van der Waals surface area contributed by atoms with Gasteiger partial charge in [0.15, 0.2) is 5.65 Å². The van der Waals surface area contributed by atoms with Gasteiger partial charge >= 0.3 is 0 Å². The van der Waals surface area contributed by atoms with Crippen molar-refractivity contribution in [2.75, 3.05) is 11.9 Å². The van der Waals surface area contributed by atoms with Crippen molar-refractivity contribution in [1.82, 2.24) is 24.8 Å². The standard InChI is InChI=1S/C24H24ClFN6/c25-19-9-3-2-8-18(19)22-30-21-15-29-24(28-14-16-6-1-4-10-20(16)26)31-23(21)32(22)13-11-17-7-5-12-27-17/h1-4,6,8-10,15,17,27H,5,7,11-14H2,(H,28,29,31)/t17-/m0/s1. The molecule has 0 amide bonds. The van der Waals surface area contributed by atoms with Crippen LogP contribution in [0.5, 0.6) is 0 Å². The first-order chi connectivity index (χ1) is 15.7. The van der Waals surface area contributed by atoms with E-state index < -0.39 is 0 Å². The van der Waals surface area contributed by atoms with Gasteiger partial charge in [0.1, 0.15) is 17.2 Å². The molecule has 2 aromatic heterocycles. The Balaban J connectivity index is 1.49. The van der Waals surface area contributed by atoms with E-state index in [0.717, 1.165) is 36.5 Å². The number of nitrogens with one attached hydrogen (secondary N) is 2. The molecule has 0 radical (unpaired) electrons. The van der Waals surface area contributed by atoms with Gasteiger partial charge in [0.2, 0.25) is 5.95 Å². The summed E-state index contributed by atoms with van der Waals surface area (Å²) in [6.45, 7) is 2.13. The number of hydrogen-bond donors (Lipinski definition) is 2. The van der Waals surface area contributed by atoms with Crippen LogP contribution in [0, 0.1) is 5.82 Å². The Bertz CT molecular complexity index is 1230. The summed E-state index contributed by atoms with van der Waals surface area (Å²) in [5.41, 5.74) is 2.88. The molecule has 0 aliphatic carbocycles. The molecular weight excluding hydrogens is 427 g/mol. The van der Waals surface area contributed by atoms with Crippen LogP contribution in [0.1, 0.15) is 24.8 Å². The van der Waals surface area contributed by atoms with E-state index >= 15 is 0 Å². The van der Waals surface area contributed by atoms with Crippen molar-refractivity contribution >= 4 is 28.7 Å². The molecule has 0 unspecified atom stereocenters. The molecular formula is C24H24ClFN6. The van der Waals surface area contributed by atoms with Gasteiger partial charge in [-0.2, -0.15) is 4.98 Å². The largest absolute Gasteiger partial charge is 0.350 e. The Morgan fingerprint density at radius 1 is 1.12 bits per heavy atom. The number of halogens is 2. The maximum absolute atomic E-state index is 14.0. The molecule has 1 aliphatic rings. The molecule has 1 atom stereocenters. The number of imidazole rings is 1. The van der Waals surface area contributed by atoms with Crippen molar-refractivity contribution in [1.29, 1.82) is 0 Å². The van der Waals surface area contributed by atoms with E-state index in [2.05, 4.69) is 20.2 Å². The van der Waals surface area contributed by atoms with E-state index in [1.165, 1.54) is 18.9 Å². The van der Waals surface area contributed by atoms with Gasteiger partial charge in [-0.25, -0.2) is 14.4 Å². The number of fused-ring (bicyclic) bond motifs is 1. The quantitative estimate of drug-likeness (QED) is 0.413. The molecule has 5 rings (SSSR count). The lowest BCUT2D eigenvalue weighted by Crippen LogP contribution is -2.23. The van der Waals surface area contributed by atoms with E-state index in [-0.39, 0.29) is 5.82 Å². The van der Waals surface area contributed by atoms with Crippen LogP contribution in [0.4, 0.5) is 10.3 Å². The minimum Gasteiger partial charge on any atom is -0.350 e. The van der Waals surface area contributed by atoms with Crippen LogP contribution in [-0.2, 0) is 13.1 Å². The number of nitrogens with zero attached hydrogens (tertiary/aromatic N) is 4. The molecule has 1 saturated heterocycles. The Kier molecular flexibility index (Phi) is 6.01. The van der Waals surface area contributed by atoms with Gasteiger partial charge < -0.3 is 15.2 Å². The number of anilines is 1. The van der Waals surface area contributed by atoms with E-state index in [4.69, 9.17) is 21.6 Å². The maximum Gasteiger partial charge on any atom is 0.225 e. The summed E-state index contributed by atoms with van der Waals surface area (Å²) in [6.07, 6.45) is 5.07.